The zero-order valence-corrected chi connectivity index (χ0v) is 20.4. The Morgan fingerprint density at radius 3 is 2.80 bits per heavy atom. The van der Waals surface area contributed by atoms with E-state index >= 15 is 0 Å². The van der Waals surface area contributed by atoms with Crippen molar-refractivity contribution in [3.8, 4) is 22.8 Å². The second-order valence-electron chi connectivity index (χ2n) is 9.53. The fourth-order valence-electron chi connectivity index (χ4n) is 4.97. The van der Waals surface area contributed by atoms with Gasteiger partial charge in [0, 0.05) is 11.5 Å². The molecule has 0 saturated carbocycles. The topological polar surface area (TPSA) is 109 Å². The number of carbonyl (C=O) groups excluding carboxylic acids is 1. The van der Waals surface area contributed by atoms with Crippen molar-refractivity contribution in [2.24, 2.45) is 17.8 Å². The minimum Gasteiger partial charge on any atom is -0.453 e. The Labute approximate surface area is 206 Å². The first kappa shape index (κ1) is 25.0. The Morgan fingerprint density at radius 2 is 1.97 bits per heavy atom. The first-order valence-corrected chi connectivity index (χ1v) is 12.7. The summed E-state index contributed by atoms with van der Waals surface area (Å²) in [6, 6.07) is 4.15. The number of carbonyl (C=O) groups is 1. The Kier molecular flexibility index (Phi) is 8.95. The molecule has 1 aromatic heterocycles. The van der Waals surface area contributed by atoms with Crippen molar-refractivity contribution in [3.05, 3.63) is 48.2 Å². The number of rotatable bonds is 12. The molecule has 1 aromatic carbocycles. The van der Waals surface area contributed by atoms with E-state index in [4.69, 9.17) is 14.7 Å². The van der Waals surface area contributed by atoms with E-state index in [9.17, 15) is 4.79 Å². The minimum absolute atomic E-state index is 0.144. The fourth-order valence-corrected chi connectivity index (χ4v) is 4.97. The zero-order valence-electron chi connectivity index (χ0n) is 20.4. The van der Waals surface area contributed by atoms with Gasteiger partial charge in [-0.05, 0) is 62.0 Å². The Morgan fingerprint density at radius 1 is 1.14 bits per heavy atom. The molecule has 8 nitrogen and oxygen atoms in total. The summed E-state index contributed by atoms with van der Waals surface area (Å²) < 4.78 is 11.5. The van der Waals surface area contributed by atoms with Crippen LogP contribution in [-0.4, -0.2) is 33.3 Å². The van der Waals surface area contributed by atoms with E-state index in [-0.39, 0.29) is 24.5 Å². The molecule has 188 valence electrons. The number of hydrogen-bond acceptors (Lipinski definition) is 6. The van der Waals surface area contributed by atoms with E-state index in [1.807, 2.05) is 18.5 Å². The monoisotopic (exact) mass is 480 g/mol. The molecule has 3 N–H and O–H groups in total. The number of aromatic amines is 1. The van der Waals surface area contributed by atoms with E-state index in [1.54, 1.807) is 6.20 Å². The van der Waals surface area contributed by atoms with Crippen molar-refractivity contribution in [3.63, 3.8) is 0 Å². The first-order valence-electron chi connectivity index (χ1n) is 12.7. The zero-order chi connectivity index (χ0) is 24.5. The first-order chi connectivity index (χ1) is 17.2. The van der Waals surface area contributed by atoms with Gasteiger partial charge in [0.25, 0.3) is 0 Å². The van der Waals surface area contributed by atoms with Crippen LogP contribution in [0.4, 0.5) is 0 Å². The summed E-state index contributed by atoms with van der Waals surface area (Å²) in [5.41, 5.74) is 4.67. The van der Waals surface area contributed by atoms with Crippen molar-refractivity contribution in [2.45, 2.75) is 64.7 Å². The van der Waals surface area contributed by atoms with Gasteiger partial charge in [0.05, 0.1) is 6.20 Å². The second-order valence-corrected chi connectivity index (χ2v) is 9.53. The third kappa shape index (κ3) is 6.51. The summed E-state index contributed by atoms with van der Waals surface area (Å²) in [7, 11) is 0. The number of ether oxygens (including phenoxy) is 2. The van der Waals surface area contributed by atoms with Crippen molar-refractivity contribution in [1.29, 1.82) is 0 Å². The molecule has 3 unspecified atom stereocenters. The quantitative estimate of drug-likeness (QED) is 0.163. The number of fused-ring (bicyclic) bond motifs is 1. The molecule has 1 amide bonds. The van der Waals surface area contributed by atoms with Crippen LogP contribution in [0.15, 0.2) is 42.6 Å². The Bertz CT molecular complexity index is 1020. The van der Waals surface area contributed by atoms with Gasteiger partial charge in [-0.1, -0.05) is 56.6 Å². The maximum atomic E-state index is 11.8. The van der Waals surface area contributed by atoms with Gasteiger partial charge in [-0.15, -0.1) is 0 Å². The fraction of sp³-hybridized carbons (Fsp3) is 0.519. The number of nitrogens with one attached hydrogen (secondary N) is 2. The maximum Gasteiger partial charge on any atom is 0.247 e. The van der Waals surface area contributed by atoms with Crippen molar-refractivity contribution in [2.75, 3.05) is 6.79 Å². The van der Waals surface area contributed by atoms with E-state index in [0.29, 0.717) is 5.92 Å². The predicted octanol–water partition coefficient (Wildman–Crippen LogP) is 5.36. The number of hydrogen-bond donors (Lipinski definition) is 3. The lowest BCUT2D eigenvalue weighted by atomic mass is 9.78. The summed E-state index contributed by atoms with van der Waals surface area (Å²) >= 11 is 0. The molecule has 0 saturated heterocycles. The molecule has 4 rings (SSSR count). The summed E-state index contributed by atoms with van der Waals surface area (Å²) in [5.74, 6) is 1.74. The van der Waals surface area contributed by atoms with Crippen molar-refractivity contribution in [1.82, 2.24) is 20.9 Å². The molecule has 0 fully saturated rings. The lowest BCUT2D eigenvalue weighted by Gasteiger charge is -2.27. The van der Waals surface area contributed by atoms with Gasteiger partial charge in [-0.3, -0.25) is 10.0 Å². The molecule has 0 radical (unpaired) electrons. The molecule has 0 spiro atoms. The lowest BCUT2D eigenvalue weighted by Crippen LogP contribution is -2.34. The summed E-state index contributed by atoms with van der Waals surface area (Å²) in [5, 5.41) is 19.6. The molecular weight excluding hydrogens is 444 g/mol. The van der Waals surface area contributed by atoms with Crippen LogP contribution in [0.25, 0.3) is 11.3 Å². The number of nitrogens with zero attached hydrogens (tertiary/aromatic N) is 2. The van der Waals surface area contributed by atoms with Gasteiger partial charge >= 0.3 is 0 Å². The number of hydroxylamine groups is 1. The third-order valence-corrected chi connectivity index (χ3v) is 7.04. The normalized spacial score (nSPS) is 21.0. The number of H-pyrrole nitrogens is 1. The van der Waals surface area contributed by atoms with Gasteiger partial charge in [-0.2, -0.15) is 15.4 Å². The molecular formula is C27H36N4O4. The standard InChI is InChI=1S/C27H36N4O4/c1-19-12-13-20(16-23(19)27(32)30-33)10-8-6-4-2-3-5-7-9-11-21-14-15-22(24-17-28-31-29-24)26-25(21)34-18-35-26/h6,8,12-15,17,19-20,23,33H,2-5,7,9-11,16,18H2,1H3,(H,30,32)(H,28,29,31). The molecule has 35 heavy (non-hydrogen) atoms. The van der Waals surface area contributed by atoms with Crippen molar-refractivity contribution >= 4 is 5.91 Å². The van der Waals surface area contributed by atoms with E-state index in [1.165, 1.54) is 31.2 Å². The highest BCUT2D eigenvalue weighted by molar-refractivity contribution is 5.78. The Hall–Kier alpha value is -3.13. The molecule has 2 heterocycles. The van der Waals surface area contributed by atoms with Crippen LogP contribution in [-0.2, 0) is 11.2 Å². The van der Waals surface area contributed by atoms with Crippen LogP contribution in [0.5, 0.6) is 11.5 Å². The van der Waals surface area contributed by atoms with Crippen LogP contribution in [0.1, 0.15) is 63.9 Å². The highest BCUT2D eigenvalue weighted by Crippen LogP contribution is 2.43. The summed E-state index contributed by atoms with van der Waals surface area (Å²) in [6.07, 6.45) is 20.3. The van der Waals surface area contributed by atoms with E-state index < -0.39 is 0 Å². The van der Waals surface area contributed by atoms with Gasteiger partial charge < -0.3 is 9.47 Å². The van der Waals surface area contributed by atoms with E-state index in [2.05, 4.69) is 45.8 Å². The minimum atomic E-state index is -0.273. The number of amides is 1. The second kappa shape index (κ2) is 12.5. The number of benzene rings is 1. The molecule has 0 bridgehead atoms. The number of aryl methyl sites for hydroxylation is 1. The van der Waals surface area contributed by atoms with Crippen LogP contribution < -0.4 is 15.0 Å². The summed E-state index contributed by atoms with van der Waals surface area (Å²) in [6.45, 7) is 2.27. The van der Waals surface area contributed by atoms with Gasteiger partial charge in [0.15, 0.2) is 11.5 Å². The number of allylic oxidation sites excluding steroid dienone is 4. The molecule has 8 heteroatoms. The van der Waals surface area contributed by atoms with Crippen LogP contribution in [0.2, 0.25) is 0 Å². The molecule has 2 aromatic rings. The largest absolute Gasteiger partial charge is 0.453 e. The number of aromatic nitrogens is 3. The molecule has 2 aliphatic rings. The Balaban J connectivity index is 1.10. The SMILES string of the molecule is CC1C=CC(CC=CCCCCCCCc2ccc(-c3cn[nH]n3)c3c2OCO3)CC1C(=O)NO. The van der Waals surface area contributed by atoms with Crippen LogP contribution in [0, 0.1) is 17.8 Å². The van der Waals surface area contributed by atoms with E-state index in [0.717, 1.165) is 54.9 Å². The van der Waals surface area contributed by atoms with Crippen LogP contribution >= 0.6 is 0 Å². The van der Waals surface area contributed by atoms with Gasteiger partial charge in [0.1, 0.15) is 5.69 Å². The van der Waals surface area contributed by atoms with Gasteiger partial charge in [-0.25, -0.2) is 5.48 Å². The smallest absolute Gasteiger partial charge is 0.247 e. The highest BCUT2D eigenvalue weighted by atomic mass is 16.7. The van der Waals surface area contributed by atoms with Crippen LogP contribution in [0.3, 0.4) is 0 Å². The lowest BCUT2D eigenvalue weighted by molar-refractivity contribution is -0.135. The maximum absolute atomic E-state index is 11.8. The molecule has 3 atom stereocenters. The average Bonchev–Trinajstić information content (AvgIpc) is 3.58. The third-order valence-electron chi connectivity index (χ3n) is 7.04. The highest BCUT2D eigenvalue weighted by Gasteiger charge is 2.28. The number of unbranched alkanes of at least 4 members (excludes halogenated alkanes) is 5. The average molecular weight is 481 g/mol. The molecule has 1 aliphatic carbocycles. The predicted molar refractivity (Wildman–Crippen MR) is 133 cm³/mol. The van der Waals surface area contributed by atoms with Gasteiger partial charge in [0.2, 0.25) is 12.7 Å². The van der Waals surface area contributed by atoms with Crippen molar-refractivity contribution < 1.29 is 19.5 Å². The molecule has 1 aliphatic heterocycles. The summed E-state index contributed by atoms with van der Waals surface area (Å²) in [4.78, 5) is 11.8.